The molecule has 0 aliphatic rings. The van der Waals surface area contributed by atoms with Gasteiger partial charge in [0.15, 0.2) is 0 Å². The molecule has 26 heavy (non-hydrogen) atoms. The second-order valence-corrected chi connectivity index (χ2v) is 8.67. The van der Waals surface area contributed by atoms with Crippen molar-refractivity contribution in [3.63, 3.8) is 0 Å². The normalized spacial score (nSPS) is 11.8. The number of carbonyl (C=O) groups is 1. The molecule has 1 amide bonds. The van der Waals surface area contributed by atoms with Gasteiger partial charge in [0, 0.05) is 17.6 Å². The van der Waals surface area contributed by atoms with Crippen LogP contribution in [0.2, 0.25) is 0 Å². The Morgan fingerprint density at radius 1 is 1.08 bits per heavy atom. The summed E-state index contributed by atoms with van der Waals surface area (Å²) in [7, 11) is -2.17. The number of ether oxygens (including phenoxy) is 1. The van der Waals surface area contributed by atoms with Crippen LogP contribution in [-0.4, -0.2) is 27.0 Å². The Bertz CT molecular complexity index is 869. The van der Waals surface area contributed by atoms with Gasteiger partial charge in [0.05, 0.1) is 12.0 Å². The number of hydrogen-bond donors (Lipinski definition) is 2. The van der Waals surface area contributed by atoms with Gasteiger partial charge in [-0.2, -0.15) is 0 Å². The Hall–Kier alpha value is -2.38. The zero-order valence-electron chi connectivity index (χ0n) is 15.4. The zero-order valence-corrected chi connectivity index (χ0v) is 16.2. The van der Waals surface area contributed by atoms with Crippen molar-refractivity contribution in [2.24, 2.45) is 0 Å². The minimum atomic E-state index is -3.74. The molecule has 0 fully saturated rings. The lowest BCUT2D eigenvalue weighted by Gasteiger charge is -2.20. The summed E-state index contributed by atoms with van der Waals surface area (Å²) in [4.78, 5) is 12.3. The Morgan fingerprint density at radius 2 is 1.73 bits per heavy atom. The second kappa shape index (κ2) is 7.88. The highest BCUT2D eigenvalue weighted by atomic mass is 32.2. The van der Waals surface area contributed by atoms with Gasteiger partial charge in [0.2, 0.25) is 10.0 Å². The van der Waals surface area contributed by atoms with Gasteiger partial charge in [-0.05, 0) is 56.7 Å². The fraction of sp³-hybridized carbons (Fsp3) is 0.316. The van der Waals surface area contributed by atoms with Gasteiger partial charge in [-0.25, -0.2) is 13.1 Å². The molecule has 0 unspecified atom stereocenters. The molecule has 2 rings (SSSR count). The summed E-state index contributed by atoms with van der Waals surface area (Å²) in [5, 5.41) is 2.82. The maximum Gasteiger partial charge on any atom is 0.251 e. The molecule has 2 aromatic rings. The van der Waals surface area contributed by atoms with E-state index in [0.717, 1.165) is 5.56 Å². The van der Waals surface area contributed by atoms with Crippen molar-refractivity contribution >= 4 is 15.9 Å². The molecule has 0 bridgehead atoms. The molecule has 2 aromatic carbocycles. The molecule has 7 heteroatoms. The van der Waals surface area contributed by atoms with Gasteiger partial charge in [0.1, 0.15) is 5.75 Å². The van der Waals surface area contributed by atoms with Crippen LogP contribution in [0.1, 0.15) is 36.7 Å². The summed E-state index contributed by atoms with van der Waals surface area (Å²) in [5.74, 6) is 0.388. The van der Waals surface area contributed by atoms with Crippen molar-refractivity contribution < 1.29 is 17.9 Å². The zero-order chi connectivity index (χ0) is 19.4. The minimum absolute atomic E-state index is 0.0487. The van der Waals surface area contributed by atoms with E-state index in [9.17, 15) is 13.2 Å². The number of methoxy groups -OCH3 is 1. The molecule has 0 spiro atoms. The van der Waals surface area contributed by atoms with Gasteiger partial charge in [-0.3, -0.25) is 4.79 Å². The molecule has 0 heterocycles. The summed E-state index contributed by atoms with van der Waals surface area (Å²) < 4.78 is 32.7. The number of sulfonamides is 1. The average molecular weight is 376 g/mol. The molecule has 0 saturated heterocycles. The van der Waals surface area contributed by atoms with Gasteiger partial charge in [-0.15, -0.1) is 0 Å². The predicted octanol–water partition coefficient (Wildman–Crippen LogP) is 2.70. The van der Waals surface area contributed by atoms with Gasteiger partial charge in [-0.1, -0.05) is 18.2 Å². The van der Waals surface area contributed by atoms with Crippen molar-refractivity contribution in [1.82, 2.24) is 10.0 Å². The Labute approximate surface area is 154 Å². The molecule has 0 aliphatic heterocycles. The van der Waals surface area contributed by atoms with Crippen LogP contribution in [0.4, 0.5) is 0 Å². The summed E-state index contributed by atoms with van der Waals surface area (Å²) >= 11 is 0. The lowest BCUT2D eigenvalue weighted by molar-refractivity contribution is 0.0919. The first-order valence-electron chi connectivity index (χ1n) is 8.16. The van der Waals surface area contributed by atoms with Crippen molar-refractivity contribution in [2.75, 3.05) is 7.11 Å². The first-order chi connectivity index (χ1) is 12.1. The van der Waals surface area contributed by atoms with Gasteiger partial charge in [0.25, 0.3) is 5.91 Å². The lowest BCUT2D eigenvalue weighted by atomic mass is 10.1. The van der Waals surface area contributed by atoms with Gasteiger partial charge >= 0.3 is 0 Å². The largest absolute Gasteiger partial charge is 0.497 e. The van der Waals surface area contributed by atoms with E-state index in [-0.39, 0.29) is 17.3 Å². The van der Waals surface area contributed by atoms with E-state index in [1.54, 1.807) is 43.5 Å². The van der Waals surface area contributed by atoms with E-state index in [2.05, 4.69) is 10.0 Å². The standard InChI is InChI=1S/C19H24N2O4S/c1-19(2,3)21-18(22)15-6-5-7-17(12-15)26(23,24)20-13-14-8-10-16(25-4)11-9-14/h5-12,20H,13H2,1-4H3,(H,21,22). The highest BCUT2D eigenvalue weighted by molar-refractivity contribution is 7.89. The number of carbonyl (C=O) groups excluding carboxylic acids is 1. The number of hydrogen-bond acceptors (Lipinski definition) is 4. The SMILES string of the molecule is COc1ccc(CNS(=O)(=O)c2cccc(C(=O)NC(C)(C)C)c2)cc1. The third-order valence-corrected chi connectivity index (χ3v) is 4.92. The number of benzene rings is 2. The first-order valence-corrected chi connectivity index (χ1v) is 9.64. The molecule has 0 aliphatic carbocycles. The first kappa shape index (κ1) is 19.9. The molecular formula is C19H24N2O4S. The van der Waals surface area contributed by atoms with Crippen LogP contribution in [0.25, 0.3) is 0 Å². The Balaban J connectivity index is 2.12. The topological polar surface area (TPSA) is 84.5 Å². The molecule has 0 atom stereocenters. The van der Waals surface area contributed by atoms with Crippen molar-refractivity contribution in [3.05, 3.63) is 59.7 Å². The van der Waals surface area contributed by atoms with Crippen LogP contribution < -0.4 is 14.8 Å². The van der Waals surface area contributed by atoms with Crippen molar-refractivity contribution in [3.8, 4) is 5.75 Å². The summed E-state index contributed by atoms with van der Waals surface area (Å²) in [5.41, 5.74) is 0.696. The van der Waals surface area contributed by atoms with Crippen molar-refractivity contribution in [2.45, 2.75) is 37.8 Å². The Kier molecular flexibility index (Phi) is 6.05. The highest BCUT2D eigenvalue weighted by Crippen LogP contribution is 2.15. The highest BCUT2D eigenvalue weighted by Gasteiger charge is 2.19. The quantitative estimate of drug-likeness (QED) is 0.812. The number of nitrogens with one attached hydrogen (secondary N) is 2. The van der Waals surface area contributed by atoms with E-state index >= 15 is 0 Å². The van der Waals surface area contributed by atoms with Crippen LogP contribution in [0.5, 0.6) is 5.75 Å². The van der Waals surface area contributed by atoms with E-state index in [4.69, 9.17) is 4.74 Å². The van der Waals surface area contributed by atoms with E-state index < -0.39 is 15.6 Å². The van der Waals surface area contributed by atoms with Crippen molar-refractivity contribution in [1.29, 1.82) is 0 Å². The minimum Gasteiger partial charge on any atom is -0.497 e. The third kappa shape index (κ3) is 5.57. The molecule has 140 valence electrons. The molecule has 0 saturated carbocycles. The van der Waals surface area contributed by atoms with Crippen LogP contribution in [-0.2, 0) is 16.6 Å². The fourth-order valence-corrected chi connectivity index (χ4v) is 3.29. The van der Waals surface area contributed by atoms with Crippen LogP contribution >= 0.6 is 0 Å². The second-order valence-electron chi connectivity index (χ2n) is 6.90. The Morgan fingerprint density at radius 3 is 2.31 bits per heavy atom. The van der Waals surface area contributed by atoms with Gasteiger partial charge < -0.3 is 10.1 Å². The third-order valence-electron chi connectivity index (χ3n) is 3.52. The van der Waals surface area contributed by atoms with Crippen LogP contribution in [0.15, 0.2) is 53.4 Å². The number of amides is 1. The molecule has 6 nitrogen and oxygen atoms in total. The predicted molar refractivity (Wildman–Crippen MR) is 101 cm³/mol. The summed E-state index contributed by atoms with van der Waals surface area (Å²) in [6.45, 7) is 5.73. The molecular weight excluding hydrogens is 352 g/mol. The monoisotopic (exact) mass is 376 g/mol. The summed E-state index contributed by atoms with van der Waals surface area (Å²) in [6, 6.07) is 13.1. The van der Waals surface area contributed by atoms with E-state index in [1.165, 1.54) is 12.1 Å². The van der Waals surface area contributed by atoms with E-state index in [1.807, 2.05) is 20.8 Å². The molecule has 2 N–H and O–H groups in total. The van der Waals surface area contributed by atoms with Crippen LogP contribution in [0, 0.1) is 0 Å². The maximum atomic E-state index is 12.5. The number of rotatable bonds is 6. The lowest BCUT2D eigenvalue weighted by Crippen LogP contribution is -2.40. The summed E-state index contributed by atoms with van der Waals surface area (Å²) in [6.07, 6.45) is 0. The smallest absolute Gasteiger partial charge is 0.251 e. The maximum absolute atomic E-state index is 12.5. The van der Waals surface area contributed by atoms with Crippen LogP contribution in [0.3, 0.4) is 0 Å². The molecule has 0 radical (unpaired) electrons. The average Bonchev–Trinajstić information content (AvgIpc) is 2.59. The fourth-order valence-electron chi connectivity index (χ4n) is 2.22. The molecule has 0 aromatic heterocycles. The van der Waals surface area contributed by atoms with E-state index in [0.29, 0.717) is 11.3 Å².